The van der Waals surface area contributed by atoms with Gasteiger partial charge in [0.25, 0.3) is 5.56 Å². The Morgan fingerprint density at radius 2 is 1.85 bits per heavy atom. The number of amides is 1. The summed E-state index contributed by atoms with van der Waals surface area (Å²) in [7, 11) is 0. The number of rotatable bonds is 5. The van der Waals surface area contributed by atoms with E-state index in [-0.39, 0.29) is 11.5 Å². The quantitative estimate of drug-likeness (QED) is 0.667. The highest BCUT2D eigenvalue weighted by Gasteiger charge is 2.07. The van der Waals surface area contributed by atoms with Crippen molar-refractivity contribution in [3.63, 3.8) is 0 Å². The van der Waals surface area contributed by atoms with Gasteiger partial charge in [-0.2, -0.15) is 0 Å². The average Bonchev–Trinajstić information content (AvgIpc) is 2.57. The molecule has 0 fully saturated rings. The maximum Gasteiger partial charge on any atom is 0.262 e. The number of anilines is 1. The van der Waals surface area contributed by atoms with E-state index >= 15 is 0 Å². The Morgan fingerprint density at radius 3 is 2.58 bits per heavy atom. The molecule has 3 aromatic rings. The van der Waals surface area contributed by atoms with E-state index in [4.69, 9.17) is 12.2 Å². The molecule has 0 aliphatic heterocycles. The molecule has 1 aromatic heterocycles. The first-order valence-electron chi connectivity index (χ1n) is 8.54. The summed E-state index contributed by atoms with van der Waals surface area (Å²) in [4.78, 5) is 27.8. The summed E-state index contributed by atoms with van der Waals surface area (Å²) >= 11 is 5.29. The second-order valence-corrected chi connectivity index (χ2v) is 6.85. The lowest BCUT2D eigenvalue weighted by Gasteiger charge is -2.09. The number of benzene rings is 2. The normalized spacial score (nSPS) is 10.8. The molecule has 0 saturated heterocycles. The van der Waals surface area contributed by atoms with Crippen molar-refractivity contribution in [3.05, 3.63) is 68.7 Å². The molecule has 0 aliphatic carbocycles. The molecule has 0 bridgehead atoms. The molecule has 134 valence electrons. The molecule has 2 N–H and O–H groups in total. The lowest BCUT2D eigenvalue weighted by Crippen LogP contribution is -2.23. The summed E-state index contributed by atoms with van der Waals surface area (Å²) in [6.07, 6.45) is 0.855. The number of H-pyrrole nitrogens is 1. The zero-order valence-electron chi connectivity index (χ0n) is 14.8. The van der Waals surface area contributed by atoms with Crippen LogP contribution in [0.15, 0.2) is 47.3 Å². The Bertz CT molecular complexity index is 1060. The smallest absolute Gasteiger partial charge is 0.262 e. The van der Waals surface area contributed by atoms with Gasteiger partial charge >= 0.3 is 0 Å². The molecule has 6 heteroatoms. The van der Waals surface area contributed by atoms with Crippen LogP contribution in [0.5, 0.6) is 0 Å². The van der Waals surface area contributed by atoms with Crippen molar-refractivity contribution in [1.82, 2.24) is 9.55 Å². The fourth-order valence-electron chi connectivity index (χ4n) is 3.07. The standard InChI is InChI=1S/C20H21N3O2S/c1-13-10-14(2)12-15(11-13)21-18(24)8-5-9-23-19(25)16-6-3-4-7-17(16)22-20(23)26/h3-4,6-7,10-12H,5,8-9H2,1-2H3,(H,21,24)(H,22,26). The zero-order chi connectivity index (χ0) is 18.7. The minimum atomic E-state index is -0.126. The van der Waals surface area contributed by atoms with Crippen molar-refractivity contribution in [1.29, 1.82) is 0 Å². The number of fused-ring (bicyclic) bond motifs is 1. The fraction of sp³-hybridized carbons (Fsp3) is 0.250. The Hall–Kier alpha value is -2.73. The first-order valence-corrected chi connectivity index (χ1v) is 8.95. The number of hydrogen-bond donors (Lipinski definition) is 2. The topological polar surface area (TPSA) is 66.9 Å². The van der Waals surface area contributed by atoms with E-state index in [9.17, 15) is 9.59 Å². The predicted octanol–water partition coefficient (Wildman–Crippen LogP) is 4.09. The number of aromatic nitrogens is 2. The van der Waals surface area contributed by atoms with Crippen LogP contribution in [0.2, 0.25) is 0 Å². The number of nitrogens with zero attached hydrogens (tertiary/aromatic N) is 1. The summed E-state index contributed by atoms with van der Waals surface area (Å²) in [6.45, 7) is 4.39. The average molecular weight is 367 g/mol. The van der Waals surface area contributed by atoms with Crippen LogP contribution in [0.4, 0.5) is 5.69 Å². The molecule has 0 aliphatic rings. The van der Waals surface area contributed by atoms with Gasteiger partial charge in [-0.05, 0) is 67.9 Å². The van der Waals surface area contributed by atoms with Gasteiger partial charge in [0.05, 0.1) is 10.9 Å². The van der Waals surface area contributed by atoms with Gasteiger partial charge in [0.2, 0.25) is 5.91 Å². The highest BCUT2D eigenvalue weighted by Crippen LogP contribution is 2.14. The van der Waals surface area contributed by atoms with E-state index in [1.54, 1.807) is 6.07 Å². The molecule has 2 aromatic carbocycles. The number of hydrogen-bond acceptors (Lipinski definition) is 3. The number of carbonyl (C=O) groups is 1. The molecule has 0 radical (unpaired) electrons. The van der Waals surface area contributed by atoms with Gasteiger partial charge < -0.3 is 10.3 Å². The molecular weight excluding hydrogens is 346 g/mol. The van der Waals surface area contributed by atoms with E-state index in [1.807, 2.05) is 44.2 Å². The molecule has 5 nitrogen and oxygen atoms in total. The largest absolute Gasteiger partial charge is 0.332 e. The van der Waals surface area contributed by atoms with Crippen LogP contribution in [0.1, 0.15) is 24.0 Å². The first kappa shape index (κ1) is 18.1. The molecule has 0 unspecified atom stereocenters. The number of para-hydroxylation sites is 1. The second-order valence-electron chi connectivity index (χ2n) is 6.46. The van der Waals surface area contributed by atoms with Crippen molar-refractivity contribution in [2.24, 2.45) is 0 Å². The van der Waals surface area contributed by atoms with E-state index < -0.39 is 0 Å². The molecule has 1 heterocycles. The third-order valence-corrected chi connectivity index (χ3v) is 4.50. The van der Waals surface area contributed by atoms with Crippen LogP contribution in [-0.4, -0.2) is 15.5 Å². The first-order chi connectivity index (χ1) is 12.4. The van der Waals surface area contributed by atoms with Crippen LogP contribution in [-0.2, 0) is 11.3 Å². The Kier molecular flexibility index (Phi) is 5.32. The van der Waals surface area contributed by atoms with E-state index in [2.05, 4.69) is 16.4 Å². The fourth-order valence-corrected chi connectivity index (χ4v) is 3.35. The monoisotopic (exact) mass is 367 g/mol. The van der Waals surface area contributed by atoms with E-state index in [1.165, 1.54) is 4.57 Å². The minimum absolute atomic E-state index is 0.0706. The van der Waals surface area contributed by atoms with Gasteiger partial charge in [-0.15, -0.1) is 0 Å². The Balaban J connectivity index is 1.66. The lowest BCUT2D eigenvalue weighted by molar-refractivity contribution is -0.116. The lowest BCUT2D eigenvalue weighted by atomic mass is 10.1. The molecule has 0 atom stereocenters. The Labute approximate surface area is 156 Å². The Morgan fingerprint density at radius 1 is 1.15 bits per heavy atom. The number of nitrogens with one attached hydrogen (secondary N) is 2. The highest BCUT2D eigenvalue weighted by atomic mass is 32.1. The summed E-state index contributed by atoms with van der Waals surface area (Å²) in [6, 6.07) is 13.2. The van der Waals surface area contributed by atoms with E-state index in [0.717, 1.165) is 22.3 Å². The van der Waals surface area contributed by atoms with Gasteiger partial charge in [0, 0.05) is 18.7 Å². The van der Waals surface area contributed by atoms with Crippen molar-refractivity contribution in [2.45, 2.75) is 33.2 Å². The summed E-state index contributed by atoms with van der Waals surface area (Å²) in [5, 5.41) is 3.51. The summed E-state index contributed by atoms with van der Waals surface area (Å²) < 4.78 is 1.89. The molecule has 3 rings (SSSR count). The van der Waals surface area contributed by atoms with Crippen LogP contribution in [0, 0.1) is 18.6 Å². The van der Waals surface area contributed by atoms with Gasteiger partial charge in [-0.1, -0.05) is 18.2 Å². The van der Waals surface area contributed by atoms with Crippen LogP contribution in [0.25, 0.3) is 10.9 Å². The summed E-state index contributed by atoms with van der Waals surface area (Å²) in [5.41, 5.74) is 3.61. The summed E-state index contributed by atoms with van der Waals surface area (Å²) in [5.74, 6) is -0.0706. The molecule has 0 saturated carbocycles. The van der Waals surface area contributed by atoms with Crippen molar-refractivity contribution in [3.8, 4) is 0 Å². The third kappa shape index (κ3) is 4.08. The van der Waals surface area contributed by atoms with Gasteiger partial charge in [0.1, 0.15) is 0 Å². The van der Waals surface area contributed by atoms with Crippen LogP contribution >= 0.6 is 12.2 Å². The molecule has 26 heavy (non-hydrogen) atoms. The molecule has 1 amide bonds. The highest BCUT2D eigenvalue weighted by molar-refractivity contribution is 7.71. The zero-order valence-corrected chi connectivity index (χ0v) is 15.7. The van der Waals surface area contributed by atoms with Crippen molar-refractivity contribution >= 4 is 34.7 Å². The van der Waals surface area contributed by atoms with Gasteiger partial charge in [-0.25, -0.2) is 0 Å². The predicted molar refractivity (Wildman–Crippen MR) is 107 cm³/mol. The number of carbonyl (C=O) groups excluding carboxylic acids is 1. The number of aryl methyl sites for hydroxylation is 2. The van der Waals surface area contributed by atoms with Crippen molar-refractivity contribution < 1.29 is 4.79 Å². The molecule has 0 spiro atoms. The number of aromatic amines is 1. The third-order valence-electron chi connectivity index (χ3n) is 4.18. The maximum absolute atomic E-state index is 12.6. The van der Waals surface area contributed by atoms with Gasteiger partial charge in [-0.3, -0.25) is 14.2 Å². The minimum Gasteiger partial charge on any atom is -0.332 e. The van der Waals surface area contributed by atoms with Crippen molar-refractivity contribution in [2.75, 3.05) is 5.32 Å². The second kappa shape index (κ2) is 7.66. The van der Waals surface area contributed by atoms with Crippen LogP contribution in [0.3, 0.4) is 0 Å². The van der Waals surface area contributed by atoms with Crippen LogP contribution < -0.4 is 10.9 Å². The molecular formula is C20H21N3O2S. The SMILES string of the molecule is Cc1cc(C)cc(NC(=O)CCCn2c(=S)[nH]c3ccccc3c2=O)c1. The maximum atomic E-state index is 12.6. The van der Waals surface area contributed by atoms with E-state index in [0.29, 0.717) is 29.5 Å². The van der Waals surface area contributed by atoms with Gasteiger partial charge in [0.15, 0.2) is 4.77 Å².